The topological polar surface area (TPSA) is 12.0 Å². The van der Waals surface area contributed by atoms with E-state index in [-0.39, 0.29) is 0 Å². The van der Waals surface area contributed by atoms with E-state index < -0.39 is 0 Å². The fourth-order valence-corrected chi connectivity index (χ4v) is 4.75. The molecule has 1 saturated carbocycles. The first kappa shape index (κ1) is 11.2. The smallest absolute Gasteiger partial charge is 0.0198 e. The lowest BCUT2D eigenvalue weighted by Gasteiger charge is -2.21. The van der Waals surface area contributed by atoms with E-state index in [1.807, 2.05) is 0 Å². The van der Waals surface area contributed by atoms with Gasteiger partial charge in [0.1, 0.15) is 0 Å². The first-order valence-corrected chi connectivity index (χ1v) is 8.18. The van der Waals surface area contributed by atoms with Crippen molar-refractivity contribution in [2.45, 2.75) is 37.0 Å². The van der Waals surface area contributed by atoms with E-state index in [1.54, 1.807) is 0 Å². The molecule has 1 aliphatic carbocycles. The normalized spacial score (nSPS) is 37.9. The molecular weight excluding hydrogens is 210 g/mol. The molecule has 82 valence electrons. The van der Waals surface area contributed by atoms with Gasteiger partial charge in [0.05, 0.1) is 0 Å². The van der Waals surface area contributed by atoms with Crippen molar-refractivity contribution in [2.24, 2.45) is 5.92 Å². The van der Waals surface area contributed by atoms with Crippen molar-refractivity contribution in [2.75, 3.05) is 24.3 Å². The zero-order chi connectivity index (χ0) is 9.80. The fourth-order valence-electron chi connectivity index (χ4n) is 2.50. The van der Waals surface area contributed by atoms with E-state index in [0.29, 0.717) is 0 Å². The second-order valence-electron chi connectivity index (χ2n) is 4.45. The first-order chi connectivity index (χ1) is 6.90. The number of nitrogens with one attached hydrogen (secondary N) is 1. The van der Waals surface area contributed by atoms with Gasteiger partial charge in [-0.25, -0.2) is 0 Å². The Kier molecular flexibility index (Phi) is 4.51. The van der Waals surface area contributed by atoms with Gasteiger partial charge >= 0.3 is 0 Å². The third-order valence-electron chi connectivity index (χ3n) is 3.45. The van der Waals surface area contributed by atoms with Crippen LogP contribution in [0.25, 0.3) is 0 Å². The molecule has 14 heavy (non-hydrogen) atoms. The zero-order valence-corrected chi connectivity index (χ0v) is 10.6. The summed E-state index contributed by atoms with van der Waals surface area (Å²) < 4.78 is 0. The molecule has 1 N–H and O–H groups in total. The lowest BCUT2D eigenvalue weighted by molar-refractivity contribution is 0.459. The zero-order valence-electron chi connectivity index (χ0n) is 9.00. The van der Waals surface area contributed by atoms with Gasteiger partial charge in [0.25, 0.3) is 0 Å². The van der Waals surface area contributed by atoms with Crippen molar-refractivity contribution in [3.05, 3.63) is 0 Å². The second-order valence-corrected chi connectivity index (χ2v) is 6.68. The summed E-state index contributed by atoms with van der Waals surface area (Å²) in [5.74, 6) is 3.75. The van der Waals surface area contributed by atoms with Gasteiger partial charge in [0, 0.05) is 11.3 Å². The Labute approximate surface area is 96.2 Å². The van der Waals surface area contributed by atoms with Crippen molar-refractivity contribution >= 4 is 23.5 Å². The van der Waals surface area contributed by atoms with E-state index in [9.17, 15) is 0 Å². The predicted molar refractivity (Wildman–Crippen MR) is 68.4 cm³/mol. The molecule has 0 amide bonds. The van der Waals surface area contributed by atoms with Gasteiger partial charge in [-0.1, -0.05) is 6.42 Å². The summed E-state index contributed by atoms with van der Waals surface area (Å²) in [6.07, 6.45) is 7.97. The molecule has 1 aliphatic heterocycles. The van der Waals surface area contributed by atoms with Gasteiger partial charge in [0.15, 0.2) is 0 Å². The van der Waals surface area contributed by atoms with Gasteiger partial charge in [-0.3, -0.25) is 0 Å². The third-order valence-corrected chi connectivity index (χ3v) is 5.85. The van der Waals surface area contributed by atoms with Gasteiger partial charge < -0.3 is 5.32 Å². The number of thioether (sulfide) groups is 2. The minimum absolute atomic E-state index is 0.815. The summed E-state index contributed by atoms with van der Waals surface area (Å²) in [6.45, 7) is 1.27. The Bertz CT molecular complexity index is 169. The predicted octanol–water partition coefficient (Wildman–Crippen LogP) is 2.61. The van der Waals surface area contributed by atoms with Crippen LogP contribution >= 0.6 is 23.5 Å². The van der Waals surface area contributed by atoms with Crippen LogP contribution < -0.4 is 5.32 Å². The van der Waals surface area contributed by atoms with Crippen LogP contribution in [-0.4, -0.2) is 35.6 Å². The molecule has 2 rings (SSSR count). The van der Waals surface area contributed by atoms with Crippen LogP contribution in [0, 0.1) is 5.92 Å². The highest BCUT2D eigenvalue weighted by atomic mass is 32.2. The van der Waals surface area contributed by atoms with E-state index in [1.165, 1.54) is 43.7 Å². The van der Waals surface area contributed by atoms with Crippen molar-refractivity contribution in [1.82, 2.24) is 5.32 Å². The van der Waals surface area contributed by atoms with Crippen LogP contribution in [0.3, 0.4) is 0 Å². The lowest BCUT2D eigenvalue weighted by Crippen LogP contribution is -2.37. The lowest BCUT2D eigenvalue weighted by atomic mass is 10.1. The Morgan fingerprint density at radius 1 is 1.36 bits per heavy atom. The van der Waals surface area contributed by atoms with Crippen LogP contribution in [0.2, 0.25) is 0 Å². The minimum Gasteiger partial charge on any atom is -0.313 e. The van der Waals surface area contributed by atoms with Crippen molar-refractivity contribution < 1.29 is 0 Å². The van der Waals surface area contributed by atoms with Crippen LogP contribution in [-0.2, 0) is 0 Å². The summed E-state index contributed by atoms with van der Waals surface area (Å²) in [5.41, 5.74) is 0. The third kappa shape index (κ3) is 2.83. The molecule has 3 heteroatoms. The summed E-state index contributed by atoms with van der Waals surface area (Å²) in [4.78, 5) is 0. The highest BCUT2D eigenvalue weighted by Gasteiger charge is 2.27. The summed E-state index contributed by atoms with van der Waals surface area (Å²) in [7, 11) is 0. The highest BCUT2D eigenvalue weighted by molar-refractivity contribution is 7.99. The molecule has 2 aliphatic rings. The van der Waals surface area contributed by atoms with Gasteiger partial charge in [-0.2, -0.15) is 23.5 Å². The minimum atomic E-state index is 0.815. The van der Waals surface area contributed by atoms with Crippen LogP contribution in [0.5, 0.6) is 0 Å². The molecule has 0 spiro atoms. The standard InChI is InChI=1S/C11H21NS2/c1-13-11-4-2-3-10(11)12-7-9-5-6-14-8-9/h9-12H,2-8H2,1H3. The molecule has 3 unspecified atom stereocenters. The average Bonchev–Trinajstić information content (AvgIpc) is 2.85. The molecule has 0 aromatic carbocycles. The molecule has 0 aromatic rings. The monoisotopic (exact) mass is 231 g/mol. The maximum atomic E-state index is 3.79. The second kappa shape index (κ2) is 5.66. The quantitative estimate of drug-likeness (QED) is 0.799. The Balaban J connectivity index is 1.68. The molecule has 0 aromatic heterocycles. The van der Waals surface area contributed by atoms with Crippen LogP contribution in [0.15, 0.2) is 0 Å². The van der Waals surface area contributed by atoms with Crippen LogP contribution in [0.4, 0.5) is 0 Å². The van der Waals surface area contributed by atoms with E-state index in [4.69, 9.17) is 0 Å². The summed E-state index contributed by atoms with van der Waals surface area (Å²) >= 11 is 4.18. The molecule has 1 saturated heterocycles. The van der Waals surface area contributed by atoms with Crippen molar-refractivity contribution in [1.29, 1.82) is 0 Å². The van der Waals surface area contributed by atoms with E-state index in [2.05, 4.69) is 35.1 Å². The Morgan fingerprint density at radius 2 is 2.29 bits per heavy atom. The number of rotatable bonds is 4. The molecule has 1 nitrogen and oxygen atoms in total. The van der Waals surface area contributed by atoms with Crippen molar-refractivity contribution in [3.63, 3.8) is 0 Å². The van der Waals surface area contributed by atoms with Crippen LogP contribution in [0.1, 0.15) is 25.7 Å². The number of hydrogen-bond acceptors (Lipinski definition) is 3. The molecule has 2 fully saturated rings. The van der Waals surface area contributed by atoms with Gasteiger partial charge in [-0.15, -0.1) is 0 Å². The average molecular weight is 231 g/mol. The summed E-state index contributed by atoms with van der Waals surface area (Å²) in [6, 6.07) is 0.815. The van der Waals surface area contributed by atoms with Gasteiger partial charge in [0.2, 0.25) is 0 Å². The largest absolute Gasteiger partial charge is 0.313 e. The molecular formula is C11H21NS2. The maximum Gasteiger partial charge on any atom is 0.0198 e. The Morgan fingerprint density at radius 3 is 3.00 bits per heavy atom. The SMILES string of the molecule is CSC1CCCC1NCC1CCSC1. The van der Waals surface area contributed by atoms with Gasteiger partial charge in [-0.05, 0) is 49.5 Å². The molecule has 1 heterocycles. The van der Waals surface area contributed by atoms with E-state index in [0.717, 1.165) is 17.2 Å². The number of hydrogen-bond donors (Lipinski definition) is 1. The highest BCUT2D eigenvalue weighted by Crippen LogP contribution is 2.29. The fraction of sp³-hybridized carbons (Fsp3) is 1.00. The summed E-state index contributed by atoms with van der Waals surface area (Å²) in [5, 5.41) is 4.68. The molecule has 0 radical (unpaired) electrons. The first-order valence-electron chi connectivity index (χ1n) is 5.74. The van der Waals surface area contributed by atoms with Crippen molar-refractivity contribution in [3.8, 4) is 0 Å². The Hall–Kier alpha value is 0.660. The van der Waals surface area contributed by atoms with E-state index >= 15 is 0 Å². The molecule has 3 atom stereocenters. The molecule has 0 bridgehead atoms. The maximum absolute atomic E-state index is 3.79.